The highest BCUT2D eigenvalue weighted by atomic mass is 32.1. The van der Waals surface area contributed by atoms with Crippen LogP contribution in [0.5, 0.6) is 0 Å². The van der Waals surface area contributed by atoms with Crippen LogP contribution in [-0.4, -0.2) is 20.5 Å². The normalized spacial score (nSPS) is 15.1. The van der Waals surface area contributed by atoms with Gasteiger partial charge in [-0.25, -0.2) is 0 Å². The summed E-state index contributed by atoms with van der Waals surface area (Å²) in [4.78, 5) is 34.3. The number of hydrogen-bond acceptors (Lipinski definition) is 6. The van der Waals surface area contributed by atoms with Crippen molar-refractivity contribution < 1.29 is 4.79 Å². The van der Waals surface area contributed by atoms with Gasteiger partial charge in [-0.1, -0.05) is 65.9 Å². The summed E-state index contributed by atoms with van der Waals surface area (Å²) in [6.07, 6.45) is 0. The van der Waals surface area contributed by atoms with Crippen molar-refractivity contribution >= 4 is 44.8 Å². The van der Waals surface area contributed by atoms with Crippen molar-refractivity contribution in [3.8, 4) is 10.7 Å². The van der Waals surface area contributed by atoms with Crippen molar-refractivity contribution in [3.05, 3.63) is 98.1 Å². The highest BCUT2D eigenvalue weighted by Crippen LogP contribution is 2.36. The molecular weight excluding hydrogens is 428 g/mol. The standard InChI is InChI=1S/C23H14N4O2S2/c28-21-18(15-9-4-5-10-16(15)26(21)13-14-7-2-1-3-8-14)19-22(29)27-23(31-19)24-20(25-27)17-11-6-12-30-17/h1-12H,13H2. The number of carbonyl (C=O) groups excluding carboxylic acids is 1. The van der Waals surface area contributed by atoms with Gasteiger partial charge in [-0.2, -0.15) is 9.50 Å². The topological polar surface area (TPSA) is 67.6 Å². The van der Waals surface area contributed by atoms with Crippen LogP contribution in [0.3, 0.4) is 0 Å². The first kappa shape index (κ1) is 18.2. The molecule has 150 valence electrons. The summed E-state index contributed by atoms with van der Waals surface area (Å²) >= 11 is 2.73. The molecule has 0 saturated carbocycles. The molecule has 0 radical (unpaired) electrons. The van der Waals surface area contributed by atoms with Gasteiger partial charge in [-0.3, -0.25) is 9.59 Å². The first-order valence-corrected chi connectivity index (χ1v) is 11.3. The Morgan fingerprint density at radius 1 is 0.903 bits per heavy atom. The third-order valence-corrected chi connectivity index (χ3v) is 7.13. The average Bonchev–Trinajstić information content (AvgIpc) is 3.55. The van der Waals surface area contributed by atoms with Crippen molar-refractivity contribution in [2.45, 2.75) is 6.54 Å². The van der Waals surface area contributed by atoms with Gasteiger partial charge in [0.2, 0.25) is 4.96 Å². The van der Waals surface area contributed by atoms with E-state index in [1.54, 1.807) is 4.90 Å². The Bertz CT molecular complexity index is 1550. The number of thiophene rings is 1. The third kappa shape index (κ3) is 2.83. The zero-order valence-electron chi connectivity index (χ0n) is 16.1. The van der Waals surface area contributed by atoms with Crippen LogP contribution in [0, 0.1) is 0 Å². The molecule has 4 heterocycles. The fraction of sp³-hybridized carbons (Fsp3) is 0.0435. The van der Waals surface area contributed by atoms with Crippen molar-refractivity contribution in [1.82, 2.24) is 14.6 Å². The molecule has 1 aliphatic rings. The molecule has 1 amide bonds. The summed E-state index contributed by atoms with van der Waals surface area (Å²) in [5.74, 6) is 0.351. The molecule has 0 fully saturated rings. The van der Waals surface area contributed by atoms with Crippen LogP contribution in [0.15, 0.2) is 76.9 Å². The summed E-state index contributed by atoms with van der Waals surface area (Å²) in [5, 5.41) is 6.33. The molecule has 3 aromatic heterocycles. The van der Waals surface area contributed by atoms with Gasteiger partial charge in [0.25, 0.3) is 11.5 Å². The largest absolute Gasteiger partial charge is 0.303 e. The van der Waals surface area contributed by atoms with E-state index >= 15 is 0 Å². The Morgan fingerprint density at radius 3 is 2.48 bits per heavy atom. The highest BCUT2D eigenvalue weighted by Gasteiger charge is 2.34. The molecule has 0 saturated heterocycles. The molecule has 0 spiro atoms. The molecule has 8 heteroatoms. The van der Waals surface area contributed by atoms with E-state index < -0.39 is 0 Å². The van der Waals surface area contributed by atoms with E-state index in [2.05, 4.69) is 10.1 Å². The SMILES string of the molecule is O=C1C(=c2sc3nc(-c4cccs4)nn3c2=O)c2ccccc2N1Cc1ccccc1. The Labute approximate surface area is 184 Å². The molecule has 0 bridgehead atoms. The van der Waals surface area contributed by atoms with E-state index in [9.17, 15) is 9.59 Å². The number of hydrogen-bond donors (Lipinski definition) is 0. The van der Waals surface area contributed by atoms with Gasteiger partial charge in [0.1, 0.15) is 4.53 Å². The van der Waals surface area contributed by atoms with E-state index in [1.807, 2.05) is 72.1 Å². The fourth-order valence-corrected chi connectivity index (χ4v) is 5.47. The number of thiazole rings is 1. The van der Waals surface area contributed by atoms with Crippen molar-refractivity contribution in [3.63, 3.8) is 0 Å². The average molecular weight is 443 g/mol. The minimum Gasteiger partial charge on any atom is -0.303 e. The first-order chi connectivity index (χ1) is 15.2. The monoisotopic (exact) mass is 442 g/mol. The van der Waals surface area contributed by atoms with Crippen molar-refractivity contribution in [1.29, 1.82) is 0 Å². The summed E-state index contributed by atoms with van der Waals surface area (Å²) in [5.41, 5.74) is 2.71. The lowest BCUT2D eigenvalue weighted by molar-refractivity contribution is -0.113. The number of carbonyl (C=O) groups is 1. The number of aromatic nitrogens is 3. The smallest absolute Gasteiger partial charge is 0.291 e. The van der Waals surface area contributed by atoms with Crippen molar-refractivity contribution in [2.75, 3.05) is 4.90 Å². The second kappa shape index (κ2) is 6.97. The van der Waals surface area contributed by atoms with Gasteiger partial charge < -0.3 is 4.90 Å². The van der Waals surface area contributed by atoms with E-state index in [-0.39, 0.29) is 11.5 Å². The summed E-state index contributed by atoms with van der Waals surface area (Å²) in [6.45, 7) is 0.442. The lowest BCUT2D eigenvalue weighted by Gasteiger charge is -2.17. The zero-order valence-corrected chi connectivity index (χ0v) is 17.7. The molecule has 0 unspecified atom stereocenters. The van der Waals surface area contributed by atoms with Gasteiger partial charge in [0, 0.05) is 5.56 Å². The second-order valence-electron chi connectivity index (χ2n) is 7.11. The molecule has 0 aliphatic carbocycles. The minimum atomic E-state index is -0.310. The molecule has 5 aromatic rings. The van der Waals surface area contributed by atoms with Crippen LogP contribution >= 0.6 is 22.7 Å². The Morgan fingerprint density at radius 2 is 1.71 bits per heavy atom. The summed E-state index contributed by atoms with van der Waals surface area (Å²) in [6, 6.07) is 21.3. The molecule has 0 atom stereocenters. The number of amides is 1. The van der Waals surface area contributed by atoms with Crippen LogP contribution in [0.2, 0.25) is 0 Å². The maximum absolute atomic E-state index is 13.5. The first-order valence-electron chi connectivity index (χ1n) is 9.63. The molecule has 2 aromatic carbocycles. The van der Waals surface area contributed by atoms with Crippen LogP contribution in [0.4, 0.5) is 5.69 Å². The summed E-state index contributed by atoms with van der Waals surface area (Å²) < 4.78 is 1.68. The summed E-state index contributed by atoms with van der Waals surface area (Å²) in [7, 11) is 0. The number of rotatable bonds is 3. The molecule has 6 nitrogen and oxygen atoms in total. The lowest BCUT2D eigenvalue weighted by Crippen LogP contribution is -2.32. The van der Waals surface area contributed by atoms with Crippen molar-refractivity contribution in [2.24, 2.45) is 0 Å². The Balaban J connectivity index is 1.53. The Hall–Kier alpha value is -3.62. The predicted molar refractivity (Wildman–Crippen MR) is 122 cm³/mol. The van der Waals surface area contributed by atoms with Crippen LogP contribution in [0.25, 0.3) is 21.2 Å². The molecule has 0 N–H and O–H groups in total. The predicted octanol–water partition coefficient (Wildman–Crippen LogP) is 3.34. The highest BCUT2D eigenvalue weighted by molar-refractivity contribution is 7.15. The molecule has 1 aliphatic heterocycles. The van der Waals surface area contributed by atoms with Gasteiger partial charge in [-0.15, -0.1) is 16.4 Å². The fourth-order valence-electron chi connectivity index (χ4n) is 3.82. The number of nitrogens with zero attached hydrogens (tertiary/aromatic N) is 4. The lowest BCUT2D eigenvalue weighted by atomic mass is 10.1. The van der Waals surface area contributed by atoms with Gasteiger partial charge in [-0.05, 0) is 23.1 Å². The minimum absolute atomic E-state index is 0.176. The number of para-hydroxylation sites is 1. The van der Waals surface area contributed by atoms with Crippen LogP contribution in [-0.2, 0) is 11.3 Å². The molecular formula is C23H14N4O2S2. The zero-order chi connectivity index (χ0) is 20.9. The number of anilines is 1. The number of benzene rings is 2. The Kier molecular flexibility index (Phi) is 4.09. The van der Waals surface area contributed by atoms with Crippen LogP contribution < -0.4 is 15.0 Å². The van der Waals surface area contributed by atoms with E-state index in [4.69, 9.17) is 0 Å². The number of fused-ring (bicyclic) bond motifs is 2. The molecule has 6 rings (SSSR count). The maximum Gasteiger partial charge on any atom is 0.291 e. The second-order valence-corrected chi connectivity index (χ2v) is 9.04. The third-order valence-electron chi connectivity index (χ3n) is 5.23. The molecule has 31 heavy (non-hydrogen) atoms. The van der Waals surface area contributed by atoms with Crippen LogP contribution in [0.1, 0.15) is 11.1 Å². The maximum atomic E-state index is 13.5. The van der Waals surface area contributed by atoms with Gasteiger partial charge in [0.05, 0.1) is 22.7 Å². The van der Waals surface area contributed by atoms with E-state index in [0.29, 0.717) is 27.4 Å². The van der Waals surface area contributed by atoms with E-state index in [0.717, 1.165) is 21.7 Å². The van der Waals surface area contributed by atoms with E-state index in [1.165, 1.54) is 27.2 Å². The van der Waals surface area contributed by atoms with Gasteiger partial charge in [0.15, 0.2) is 5.82 Å². The quantitative estimate of drug-likeness (QED) is 0.430. The van der Waals surface area contributed by atoms with Gasteiger partial charge >= 0.3 is 0 Å².